The quantitative estimate of drug-likeness (QED) is 0.360. The van der Waals surface area contributed by atoms with Crippen LogP contribution in [0.1, 0.15) is 24.3 Å². The second-order valence-electron chi connectivity index (χ2n) is 8.87. The Kier molecular flexibility index (Phi) is 7.09. The SMILES string of the molecule is COc1cccc([C@@H]2C(C(=O)Nc3ccccc3)=C(C)N=c3s/c(=C/c4cc(Br)c(N(C)C)o4)c(=O)n32)c1. The van der Waals surface area contributed by atoms with Crippen molar-refractivity contribution in [3.63, 3.8) is 0 Å². The van der Waals surface area contributed by atoms with Crippen LogP contribution in [0.3, 0.4) is 0 Å². The molecule has 1 aliphatic rings. The van der Waals surface area contributed by atoms with Gasteiger partial charge in [-0.05, 0) is 52.7 Å². The molecule has 5 rings (SSSR count). The van der Waals surface area contributed by atoms with Gasteiger partial charge in [-0.2, -0.15) is 0 Å². The van der Waals surface area contributed by atoms with Crippen molar-refractivity contribution in [1.82, 2.24) is 4.57 Å². The molecule has 0 fully saturated rings. The molecule has 1 atom stereocenters. The Balaban J connectivity index is 1.68. The smallest absolute Gasteiger partial charge is 0.271 e. The van der Waals surface area contributed by atoms with Gasteiger partial charge in [-0.3, -0.25) is 14.2 Å². The van der Waals surface area contributed by atoms with Crippen molar-refractivity contribution in [2.24, 2.45) is 4.99 Å². The molecule has 1 N–H and O–H groups in total. The Bertz CT molecular complexity index is 1730. The highest BCUT2D eigenvalue weighted by Crippen LogP contribution is 2.33. The molecule has 1 aliphatic heterocycles. The van der Waals surface area contributed by atoms with Crippen LogP contribution in [-0.2, 0) is 4.79 Å². The van der Waals surface area contributed by atoms with Gasteiger partial charge in [-0.1, -0.05) is 41.7 Å². The number of thiazole rings is 1. The molecule has 3 heterocycles. The van der Waals surface area contributed by atoms with Crippen molar-refractivity contribution in [3.05, 3.63) is 107 Å². The second kappa shape index (κ2) is 10.5. The minimum atomic E-state index is -0.701. The van der Waals surface area contributed by atoms with Crippen molar-refractivity contribution in [2.75, 3.05) is 31.4 Å². The number of fused-ring (bicyclic) bond motifs is 1. The number of methoxy groups -OCH3 is 1. The van der Waals surface area contributed by atoms with Gasteiger partial charge in [0.25, 0.3) is 11.5 Å². The highest BCUT2D eigenvalue weighted by atomic mass is 79.9. The standard InChI is InChI=1S/C28H25BrN4O4S/c1-16-23(25(34)31-18-10-6-5-7-11-18)24(17-9-8-12-19(13-17)36-4)33-26(35)22(38-28(33)30-16)15-20-14-21(29)27(37-20)32(2)3/h5-15,24H,1-4H3,(H,31,34)/b22-15+/t24-/m1/s1. The average molecular weight is 594 g/mol. The molecule has 4 aromatic rings. The number of nitrogens with one attached hydrogen (secondary N) is 1. The normalized spacial score (nSPS) is 15.2. The maximum Gasteiger partial charge on any atom is 0.271 e. The van der Waals surface area contributed by atoms with E-state index in [1.54, 1.807) is 24.7 Å². The molecule has 0 radical (unpaired) electrons. The third kappa shape index (κ3) is 4.84. The lowest BCUT2D eigenvalue weighted by Gasteiger charge is -2.25. The number of furan rings is 1. The first kappa shape index (κ1) is 25.7. The molecular formula is C28H25BrN4O4S. The van der Waals surface area contributed by atoms with Gasteiger partial charge >= 0.3 is 0 Å². The van der Waals surface area contributed by atoms with E-state index in [2.05, 4.69) is 26.2 Å². The predicted molar refractivity (Wildman–Crippen MR) is 153 cm³/mol. The number of halogens is 1. The number of carbonyl (C=O) groups excluding carboxylic acids is 1. The number of rotatable bonds is 6. The molecule has 0 saturated carbocycles. The van der Waals surface area contributed by atoms with E-state index >= 15 is 0 Å². The van der Waals surface area contributed by atoms with E-state index in [1.807, 2.05) is 79.7 Å². The lowest BCUT2D eigenvalue weighted by atomic mass is 9.95. The lowest BCUT2D eigenvalue weighted by Crippen LogP contribution is -2.40. The van der Waals surface area contributed by atoms with Crippen molar-refractivity contribution >= 4 is 50.8 Å². The van der Waals surface area contributed by atoms with Crippen LogP contribution in [0, 0.1) is 0 Å². The zero-order chi connectivity index (χ0) is 27.0. The number of anilines is 2. The van der Waals surface area contributed by atoms with E-state index in [4.69, 9.17) is 9.15 Å². The number of ether oxygens (including phenoxy) is 1. The van der Waals surface area contributed by atoms with E-state index in [0.717, 1.165) is 10.0 Å². The van der Waals surface area contributed by atoms with E-state index in [0.29, 0.717) is 43.7 Å². The Morgan fingerprint density at radius 1 is 1.18 bits per heavy atom. The monoisotopic (exact) mass is 592 g/mol. The Morgan fingerprint density at radius 2 is 1.95 bits per heavy atom. The van der Waals surface area contributed by atoms with E-state index in [1.165, 1.54) is 11.3 Å². The number of hydrogen-bond acceptors (Lipinski definition) is 7. The zero-order valence-electron chi connectivity index (χ0n) is 21.2. The van der Waals surface area contributed by atoms with Gasteiger partial charge in [0.2, 0.25) is 5.88 Å². The van der Waals surface area contributed by atoms with E-state index in [-0.39, 0.29) is 11.5 Å². The largest absolute Gasteiger partial charge is 0.497 e. The molecule has 2 aromatic carbocycles. The maximum absolute atomic E-state index is 13.8. The summed E-state index contributed by atoms with van der Waals surface area (Å²) in [5.74, 6) is 1.47. The van der Waals surface area contributed by atoms with Gasteiger partial charge < -0.3 is 19.4 Å². The number of carbonyl (C=O) groups is 1. The molecule has 38 heavy (non-hydrogen) atoms. The van der Waals surface area contributed by atoms with Gasteiger partial charge in [0.1, 0.15) is 11.5 Å². The average Bonchev–Trinajstić information content (AvgIpc) is 3.42. The molecule has 1 amide bonds. The summed E-state index contributed by atoms with van der Waals surface area (Å²) < 4.78 is 14.2. The van der Waals surface area contributed by atoms with Gasteiger partial charge in [0.15, 0.2) is 4.80 Å². The third-order valence-electron chi connectivity index (χ3n) is 6.07. The van der Waals surface area contributed by atoms with Gasteiger partial charge in [0, 0.05) is 31.9 Å². The Hall–Kier alpha value is -3.89. The summed E-state index contributed by atoms with van der Waals surface area (Å²) in [6.45, 7) is 1.79. The van der Waals surface area contributed by atoms with Crippen LogP contribution in [0.5, 0.6) is 5.75 Å². The van der Waals surface area contributed by atoms with Crippen molar-refractivity contribution < 1.29 is 13.9 Å². The summed E-state index contributed by atoms with van der Waals surface area (Å²) in [4.78, 5) is 34.5. The maximum atomic E-state index is 13.8. The Labute approximate surface area is 231 Å². The van der Waals surface area contributed by atoms with E-state index < -0.39 is 6.04 Å². The summed E-state index contributed by atoms with van der Waals surface area (Å²) in [6.07, 6.45) is 1.70. The molecule has 194 valence electrons. The molecule has 0 spiro atoms. The summed E-state index contributed by atoms with van der Waals surface area (Å²) in [6, 6.07) is 17.7. The lowest BCUT2D eigenvalue weighted by molar-refractivity contribution is -0.113. The fourth-order valence-corrected chi connectivity index (χ4v) is 6.03. The van der Waals surface area contributed by atoms with Crippen LogP contribution in [-0.4, -0.2) is 31.7 Å². The number of hydrogen-bond donors (Lipinski definition) is 1. The number of nitrogens with zero attached hydrogens (tertiary/aromatic N) is 3. The molecular weight excluding hydrogens is 568 g/mol. The van der Waals surface area contributed by atoms with Crippen molar-refractivity contribution in [3.8, 4) is 5.75 Å². The fraction of sp³-hybridized carbons (Fsp3) is 0.179. The van der Waals surface area contributed by atoms with E-state index in [9.17, 15) is 9.59 Å². The number of amides is 1. The molecule has 10 heteroatoms. The van der Waals surface area contributed by atoms with Crippen molar-refractivity contribution in [2.45, 2.75) is 13.0 Å². The minimum Gasteiger partial charge on any atom is -0.497 e. The predicted octanol–water partition coefficient (Wildman–Crippen LogP) is 4.30. The second-order valence-corrected chi connectivity index (χ2v) is 10.7. The molecule has 0 aliphatic carbocycles. The van der Waals surface area contributed by atoms with Crippen molar-refractivity contribution in [1.29, 1.82) is 0 Å². The number of benzene rings is 2. The number of allylic oxidation sites excluding steroid dienone is 1. The summed E-state index contributed by atoms with van der Waals surface area (Å²) in [5.41, 5.74) is 2.05. The first-order valence-corrected chi connectivity index (χ1v) is 13.4. The highest BCUT2D eigenvalue weighted by Gasteiger charge is 2.32. The Morgan fingerprint density at radius 3 is 2.63 bits per heavy atom. The molecule has 0 unspecified atom stereocenters. The van der Waals surface area contributed by atoms with Crippen LogP contribution < -0.4 is 29.8 Å². The first-order valence-electron chi connectivity index (χ1n) is 11.8. The summed E-state index contributed by atoms with van der Waals surface area (Å²) >= 11 is 4.75. The highest BCUT2D eigenvalue weighted by molar-refractivity contribution is 9.10. The van der Waals surface area contributed by atoms with Crippen LogP contribution >= 0.6 is 27.3 Å². The zero-order valence-corrected chi connectivity index (χ0v) is 23.6. The molecule has 0 saturated heterocycles. The van der Waals surface area contributed by atoms with Gasteiger partial charge in [-0.15, -0.1) is 0 Å². The van der Waals surface area contributed by atoms with Crippen LogP contribution in [0.25, 0.3) is 6.08 Å². The van der Waals surface area contributed by atoms with Crippen LogP contribution in [0.2, 0.25) is 0 Å². The van der Waals surface area contributed by atoms with Crippen LogP contribution in [0.15, 0.2) is 90.6 Å². The van der Waals surface area contributed by atoms with Crippen LogP contribution in [0.4, 0.5) is 11.6 Å². The molecule has 0 bridgehead atoms. The van der Waals surface area contributed by atoms with Gasteiger partial charge in [0.05, 0.1) is 33.4 Å². The summed E-state index contributed by atoms with van der Waals surface area (Å²) in [7, 11) is 5.33. The number of para-hydroxylation sites is 1. The number of aromatic nitrogens is 1. The first-order chi connectivity index (χ1) is 18.3. The topological polar surface area (TPSA) is 89.1 Å². The molecule has 8 nitrogen and oxygen atoms in total. The van der Waals surface area contributed by atoms with Gasteiger partial charge in [-0.25, -0.2) is 4.99 Å². The molecule has 2 aromatic heterocycles. The fourth-order valence-electron chi connectivity index (χ4n) is 4.34. The minimum absolute atomic E-state index is 0.266. The summed E-state index contributed by atoms with van der Waals surface area (Å²) in [5, 5.41) is 2.95. The third-order valence-corrected chi connectivity index (χ3v) is 7.63.